The lowest BCUT2D eigenvalue weighted by molar-refractivity contribution is -0.192. The molecule has 4 rings (SSSR count). The largest absolute Gasteiger partial charge is 0.490 e. The molecule has 4 nitrogen and oxygen atoms in total. The summed E-state index contributed by atoms with van der Waals surface area (Å²) in [5.74, 6) is -3.06. The van der Waals surface area contributed by atoms with Crippen molar-refractivity contribution in [2.24, 2.45) is 4.99 Å². The Hall–Kier alpha value is -3.82. The minimum atomic E-state index is -5.08. The highest BCUT2D eigenvalue weighted by atomic mass is 19.4. The van der Waals surface area contributed by atoms with Crippen molar-refractivity contribution in [3.63, 3.8) is 0 Å². The van der Waals surface area contributed by atoms with Gasteiger partial charge in [-0.1, -0.05) is 36.4 Å². The van der Waals surface area contributed by atoms with Crippen LogP contribution in [0, 0.1) is 17.5 Å². The molecule has 184 valence electrons. The van der Waals surface area contributed by atoms with Gasteiger partial charge in [0.25, 0.3) is 0 Å². The Labute approximate surface area is 196 Å². The molecular formula is C25H20F6N2O2. The van der Waals surface area contributed by atoms with Crippen LogP contribution in [0.5, 0.6) is 0 Å². The lowest BCUT2D eigenvalue weighted by atomic mass is 9.82. The fraction of sp³-hybridized carbons (Fsp3) is 0.200. The second-order valence-corrected chi connectivity index (χ2v) is 7.98. The van der Waals surface area contributed by atoms with Crippen LogP contribution in [0.4, 0.5) is 26.3 Å². The molecule has 0 saturated carbocycles. The molecule has 0 fully saturated rings. The summed E-state index contributed by atoms with van der Waals surface area (Å²) in [5, 5.41) is 10.5. The Kier molecular flexibility index (Phi) is 7.52. The lowest BCUT2D eigenvalue weighted by Crippen LogP contribution is -2.42. The molecule has 3 aromatic rings. The molecule has 2 N–H and O–H groups in total. The standard InChI is InChI=1S/C23H19F3N2.C2HF3O2/c1-23(17-5-3-7-20(26)14-17)22(16-4-2-6-19(25)13-16)27-21(28-23)12-15-8-10-18(24)11-9-15;3-2(4,5)1(6)7/h2-11,13-14,22H,12H2,1H3,(H,27,28);(H,6,7)/t22-,23+;/m1./s1. The fourth-order valence-electron chi connectivity index (χ4n) is 3.70. The number of nitrogens with one attached hydrogen (secondary N) is 1. The number of aliphatic carboxylic acids is 1. The van der Waals surface area contributed by atoms with E-state index in [9.17, 15) is 26.3 Å². The number of carboxylic acid groups (broad SMARTS) is 1. The van der Waals surface area contributed by atoms with Crippen LogP contribution in [0.1, 0.15) is 29.7 Å². The Morgan fingerprint density at radius 3 is 2.06 bits per heavy atom. The zero-order valence-electron chi connectivity index (χ0n) is 18.3. The Morgan fingerprint density at radius 2 is 1.51 bits per heavy atom. The first-order valence-electron chi connectivity index (χ1n) is 10.3. The van der Waals surface area contributed by atoms with Crippen LogP contribution in [0.15, 0.2) is 77.8 Å². The number of nitrogens with zero attached hydrogens (tertiary/aromatic N) is 1. The van der Waals surface area contributed by atoms with Crippen LogP contribution >= 0.6 is 0 Å². The second-order valence-electron chi connectivity index (χ2n) is 7.98. The molecule has 0 aliphatic carbocycles. The van der Waals surface area contributed by atoms with E-state index < -0.39 is 23.7 Å². The SMILES string of the molecule is C[C@@]1(c2cccc(F)c2)NC(Cc2ccc(F)cc2)=N[C@@H]1c1cccc(F)c1.O=C(O)C(F)(F)F. The molecular weight excluding hydrogens is 474 g/mol. The molecule has 1 aliphatic rings. The summed E-state index contributed by atoms with van der Waals surface area (Å²) in [4.78, 5) is 13.7. The van der Waals surface area contributed by atoms with E-state index in [1.165, 1.54) is 36.4 Å². The maximum atomic E-state index is 13.9. The second kappa shape index (κ2) is 10.2. The van der Waals surface area contributed by atoms with Crippen molar-refractivity contribution in [2.75, 3.05) is 0 Å². The number of alkyl halides is 3. The van der Waals surface area contributed by atoms with E-state index in [1.54, 1.807) is 24.3 Å². The predicted octanol–water partition coefficient (Wildman–Crippen LogP) is 5.94. The molecule has 35 heavy (non-hydrogen) atoms. The zero-order valence-corrected chi connectivity index (χ0v) is 18.3. The predicted molar refractivity (Wildman–Crippen MR) is 117 cm³/mol. The number of benzene rings is 3. The van der Waals surface area contributed by atoms with Crippen molar-refractivity contribution in [1.29, 1.82) is 0 Å². The fourth-order valence-corrected chi connectivity index (χ4v) is 3.70. The van der Waals surface area contributed by atoms with Gasteiger partial charge in [0, 0.05) is 6.42 Å². The summed E-state index contributed by atoms with van der Waals surface area (Å²) in [6, 6.07) is 18.4. The summed E-state index contributed by atoms with van der Waals surface area (Å²) in [6.07, 6.45) is -4.61. The van der Waals surface area contributed by atoms with E-state index >= 15 is 0 Å². The normalized spacial score (nSPS) is 19.3. The third-order valence-electron chi connectivity index (χ3n) is 5.35. The summed E-state index contributed by atoms with van der Waals surface area (Å²) in [6.45, 7) is 1.93. The molecule has 0 amide bonds. The molecule has 0 radical (unpaired) electrons. The molecule has 10 heteroatoms. The zero-order chi connectivity index (χ0) is 25.8. The van der Waals surface area contributed by atoms with Crippen LogP contribution in [0.2, 0.25) is 0 Å². The molecule has 0 unspecified atom stereocenters. The van der Waals surface area contributed by atoms with Gasteiger partial charge in [0.1, 0.15) is 29.3 Å². The van der Waals surface area contributed by atoms with Gasteiger partial charge in [-0.3, -0.25) is 4.99 Å². The molecule has 1 heterocycles. The van der Waals surface area contributed by atoms with Crippen LogP contribution in [0.3, 0.4) is 0 Å². The van der Waals surface area contributed by atoms with Crippen molar-refractivity contribution in [3.05, 3.63) is 107 Å². The minimum Gasteiger partial charge on any atom is -0.475 e. The number of amidine groups is 1. The van der Waals surface area contributed by atoms with Crippen LogP contribution in [-0.4, -0.2) is 23.1 Å². The van der Waals surface area contributed by atoms with Gasteiger partial charge in [-0.2, -0.15) is 13.2 Å². The van der Waals surface area contributed by atoms with Gasteiger partial charge >= 0.3 is 12.1 Å². The maximum absolute atomic E-state index is 13.9. The Balaban J connectivity index is 0.000000429. The third-order valence-corrected chi connectivity index (χ3v) is 5.35. The number of carboxylic acids is 1. The first-order valence-corrected chi connectivity index (χ1v) is 10.3. The molecule has 3 aromatic carbocycles. The summed E-state index contributed by atoms with van der Waals surface area (Å²) in [7, 11) is 0. The van der Waals surface area contributed by atoms with Gasteiger partial charge in [-0.25, -0.2) is 18.0 Å². The molecule has 1 aliphatic heterocycles. The average molecular weight is 494 g/mol. The molecule has 0 saturated heterocycles. The number of rotatable bonds is 4. The Morgan fingerprint density at radius 1 is 0.943 bits per heavy atom. The summed E-state index contributed by atoms with van der Waals surface area (Å²) < 4.78 is 72.7. The van der Waals surface area contributed by atoms with E-state index in [0.717, 1.165) is 11.1 Å². The van der Waals surface area contributed by atoms with Crippen LogP contribution < -0.4 is 5.32 Å². The first kappa shape index (κ1) is 25.8. The van der Waals surface area contributed by atoms with Gasteiger partial charge in [0.05, 0.1) is 5.54 Å². The molecule has 0 spiro atoms. The average Bonchev–Trinajstić information content (AvgIpc) is 3.12. The van der Waals surface area contributed by atoms with Gasteiger partial charge in [0.2, 0.25) is 0 Å². The minimum absolute atomic E-state index is 0.299. The quantitative estimate of drug-likeness (QED) is 0.442. The maximum Gasteiger partial charge on any atom is 0.490 e. The van der Waals surface area contributed by atoms with Gasteiger partial charge in [-0.15, -0.1) is 0 Å². The van der Waals surface area contributed by atoms with Crippen molar-refractivity contribution < 1.29 is 36.2 Å². The van der Waals surface area contributed by atoms with Gasteiger partial charge in [-0.05, 0) is 60.0 Å². The van der Waals surface area contributed by atoms with Crippen LogP contribution in [-0.2, 0) is 16.8 Å². The molecule has 2 atom stereocenters. The van der Waals surface area contributed by atoms with Crippen molar-refractivity contribution in [3.8, 4) is 0 Å². The molecule has 0 aromatic heterocycles. The monoisotopic (exact) mass is 494 g/mol. The highest BCUT2D eigenvalue weighted by Crippen LogP contribution is 2.42. The van der Waals surface area contributed by atoms with Crippen molar-refractivity contribution in [1.82, 2.24) is 5.32 Å². The highest BCUT2D eigenvalue weighted by Gasteiger charge is 2.42. The van der Waals surface area contributed by atoms with Gasteiger partial charge < -0.3 is 10.4 Å². The highest BCUT2D eigenvalue weighted by molar-refractivity contribution is 5.87. The van der Waals surface area contributed by atoms with Crippen LogP contribution in [0.25, 0.3) is 0 Å². The van der Waals surface area contributed by atoms with E-state index in [-0.39, 0.29) is 17.5 Å². The van der Waals surface area contributed by atoms with Gasteiger partial charge in [0.15, 0.2) is 0 Å². The molecule has 0 bridgehead atoms. The van der Waals surface area contributed by atoms with Crippen molar-refractivity contribution in [2.45, 2.75) is 31.1 Å². The van der Waals surface area contributed by atoms with E-state index in [0.29, 0.717) is 17.8 Å². The number of halogens is 6. The number of hydrogen-bond donors (Lipinski definition) is 2. The Bertz CT molecular complexity index is 1230. The lowest BCUT2D eigenvalue weighted by Gasteiger charge is -2.32. The summed E-state index contributed by atoms with van der Waals surface area (Å²) >= 11 is 0. The van der Waals surface area contributed by atoms with E-state index in [1.807, 2.05) is 19.1 Å². The van der Waals surface area contributed by atoms with E-state index in [2.05, 4.69) is 5.32 Å². The topological polar surface area (TPSA) is 61.7 Å². The van der Waals surface area contributed by atoms with E-state index in [4.69, 9.17) is 14.9 Å². The number of aliphatic imine (C=N–C) groups is 1. The smallest absolute Gasteiger partial charge is 0.475 e. The number of hydrogen-bond acceptors (Lipinski definition) is 3. The van der Waals surface area contributed by atoms with Crippen molar-refractivity contribution >= 4 is 11.8 Å². The first-order chi connectivity index (χ1) is 16.4. The number of carbonyl (C=O) groups is 1. The summed E-state index contributed by atoms with van der Waals surface area (Å²) in [5.41, 5.74) is 1.58. The third kappa shape index (κ3) is 6.40.